The van der Waals surface area contributed by atoms with Crippen LogP contribution >= 0.6 is 0 Å². The molecule has 0 unspecified atom stereocenters. The minimum absolute atomic E-state index is 0.642. The largest absolute Gasteiger partial charge is 0.308 e. The molecule has 0 bridgehead atoms. The number of aromatic nitrogens is 3. The summed E-state index contributed by atoms with van der Waals surface area (Å²) in [4.78, 5) is 2.38. The van der Waals surface area contributed by atoms with E-state index in [1.54, 1.807) is 4.68 Å². The maximum Gasteiger partial charge on any atom is 0.0964 e. The van der Waals surface area contributed by atoms with Crippen molar-refractivity contribution in [2.24, 2.45) is 7.05 Å². The summed E-state index contributed by atoms with van der Waals surface area (Å²) in [5, 5.41) is 11.5. The highest BCUT2D eigenvalue weighted by Gasteiger charge is 2.15. The first-order chi connectivity index (χ1) is 7.24. The van der Waals surface area contributed by atoms with Gasteiger partial charge in [0.25, 0.3) is 0 Å². The van der Waals surface area contributed by atoms with Crippen LogP contribution in [0.15, 0.2) is 6.20 Å². The van der Waals surface area contributed by atoms with Gasteiger partial charge in [0.15, 0.2) is 0 Å². The smallest absolute Gasteiger partial charge is 0.0964 e. The molecule has 1 aliphatic rings. The van der Waals surface area contributed by atoms with Crippen molar-refractivity contribution < 1.29 is 0 Å². The molecule has 0 atom stereocenters. The average Bonchev–Trinajstić information content (AvgIpc) is 2.64. The topological polar surface area (TPSA) is 46.0 Å². The first kappa shape index (κ1) is 10.6. The molecule has 15 heavy (non-hydrogen) atoms. The maximum atomic E-state index is 4.06. The van der Waals surface area contributed by atoms with Gasteiger partial charge in [0.2, 0.25) is 0 Å². The Hall–Kier alpha value is -0.940. The van der Waals surface area contributed by atoms with E-state index < -0.39 is 0 Å². The van der Waals surface area contributed by atoms with Crippen LogP contribution in [-0.4, -0.2) is 46.1 Å². The fourth-order valence-electron chi connectivity index (χ4n) is 1.94. The van der Waals surface area contributed by atoms with Gasteiger partial charge in [-0.3, -0.25) is 4.68 Å². The normalized spacial score (nSPS) is 19.6. The summed E-state index contributed by atoms with van der Waals surface area (Å²) in [6.45, 7) is 3.22. The van der Waals surface area contributed by atoms with E-state index in [1.807, 2.05) is 13.2 Å². The second kappa shape index (κ2) is 4.72. The highest BCUT2D eigenvalue weighted by atomic mass is 15.4. The van der Waals surface area contributed by atoms with Crippen molar-refractivity contribution >= 4 is 0 Å². The van der Waals surface area contributed by atoms with Gasteiger partial charge in [-0.2, -0.15) is 0 Å². The van der Waals surface area contributed by atoms with Crippen LogP contribution in [0.2, 0.25) is 0 Å². The fraction of sp³-hybridized carbons (Fsp3) is 0.800. The van der Waals surface area contributed by atoms with Gasteiger partial charge in [0, 0.05) is 25.8 Å². The Labute approximate surface area is 90.5 Å². The van der Waals surface area contributed by atoms with Crippen LogP contribution in [0, 0.1) is 0 Å². The quantitative estimate of drug-likeness (QED) is 0.761. The Kier molecular flexibility index (Phi) is 3.33. The molecule has 1 N–H and O–H groups in total. The predicted octanol–water partition coefficient (Wildman–Crippen LogP) is -0.00110. The molecule has 5 nitrogen and oxygen atoms in total. The van der Waals surface area contributed by atoms with Crippen LogP contribution in [-0.2, 0) is 13.6 Å². The maximum absolute atomic E-state index is 4.06. The molecule has 5 heteroatoms. The van der Waals surface area contributed by atoms with Gasteiger partial charge in [0.1, 0.15) is 0 Å². The molecular weight excluding hydrogens is 190 g/mol. The molecule has 0 spiro atoms. The highest BCUT2D eigenvalue weighted by Crippen LogP contribution is 2.08. The van der Waals surface area contributed by atoms with E-state index in [4.69, 9.17) is 0 Å². The van der Waals surface area contributed by atoms with E-state index >= 15 is 0 Å². The van der Waals surface area contributed by atoms with Gasteiger partial charge in [-0.15, -0.1) is 5.10 Å². The zero-order valence-electron chi connectivity index (χ0n) is 9.48. The Bertz CT molecular complexity index is 301. The van der Waals surface area contributed by atoms with E-state index in [2.05, 4.69) is 27.6 Å². The summed E-state index contributed by atoms with van der Waals surface area (Å²) in [7, 11) is 4.07. The lowest BCUT2D eigenvalue weighted by Gasteiger charge is -2.29. The number of aryl methyl sites for hydroxylation is 1. The summed E-state index contributed by atoms with van der Waals surface area (Å²) in [5.41, 5.74) is 1.02. The molecule has 1 aromatic heterocycles. The Morgan fingerprint density at radius 3 is 2.73 bits per heavy atom. The third-order valence-electron chi connectivity index (χ3n) is 2.94. The number of nitrogens with one attached hydrogen (secondary N) is 1. The summed E-state index contributed by atoms with van der Waals surface area (Å²) >= 11 is 0. The molecule has 1 fully saturated rings. The second-order valence-corrected chi connectivity index (χ2v) is 4.34. The lowest BCUT2D eigenvalue weighted by molar-refractivity contribution is 0.233. The Morgan fingerprint density at radius 2 is 2.13 bits per heavy atom. The number of nitrogens with zero attached hydrogens (tertiary/aromatic N) is 4. The van der Waals surface area contributed by atoms with Crippen LogP contribution in [0.5, 0.6) is 0 Å². The van der Waals surface area contributed by atoms with Crippen molar-refractivity contribution in [3.8, 4) is 0 Å². The van der Waals surface area contributed by atoms with Crippen molar-refractivity contribution in [2.45, 2.75) is 25.4 Å². The number of rotatable bonds is 3. The summed E-state index contributed by atoms with van der Waals surface area (Å²) < 4.78 is 1.74. The van der Waals surface area contributed by atoms with Crippen LogP contribution in [0.4, 0.5) is 0 Å². The van der Waals surface area contributed by atoms with Crippen molar-refractivity contribution in [2.75, 3.05) is 20.1 Å². The molecule has 0 aromatic carbocycles. The molecule has 1 aromatic rings. The summed E-state index contributed by atoms with van der Waals surface area (Å²) in [5.74, 6) is 0. The summed E-state index contributed by atoms with van der Waals surface area (Å²) in [6.07, 6.45) is 4.43. The summed E-state index contributed by atoms with van der Waals surface area (Å²) in [6, 6.07) is 0.642. The van der Waals surface area contributed by atoms with E-state index in [-0.39, 0.29) is 0 Å². The van der Waals surface area contributed by atoms with E-state index in [9.17, 15) is 0 Å². The van der Waals surface area contributed by atoms with Crippen molar-refractivity contribution in [1.29, 1.82) is 0 Å². The molecule has 1 aliphatic heterocycles. The number of piperidine rings is 1. The SMILES string of the molecule is CN1CCC(NCc2cn(C)nn2)CC1. The Balaban J connectivity index is 1.74. The highest BCUT2D eigenvalue weighted by molar-refractivity contribution is 4.92. The molecule has 2 heterocycles. The lowest BCUT2D eigenvalue weighted by atomic mass is 10.1. The van der Waals surface area contributed by atoms with E-state index in [1.165, 1.54) is 25.9 Å². The van der Waals surface area contributed by atoms with Crippen LogP contribution in [0.1, 0.15) is 18.5 Å². The van der Waals surface area contributed by atoms with Crippen LogP contribution in [0.3, 0.4) is 0 Å². The van der Waals surface area contributed by atoms with Crippen molar-refractivity contribution in [1.82, 2.24) is 25.2 Å². The van der Waals surface area contributed by atoms with Gasteiger partial charge in [-0.05, 0) is 33.0 Å². The number of hydrogen-bond acceptors (Lipinski definition) is 4. The van der Waals surface area contributed by atoms with Gasteiger partial charge in [-0.1, -0.05) is 5.21 Å². The minimum Gasteiger partial charge on any atom is -0.308 e. The van der Waals surface area contributed by atoms with Crippen LogP contribution < -0.4 is 5.32 Å². The third-order valence-corrected chi connectivity index (χ3v) is 2.94. The first-order valence-corrected chi connectivity index (χ1v) is 5.51. The predicted molar refractivity (Wildman–Crippen MR) is 58.4 cm³/mol. The minimum atomic E-state index is 0.642. The molecule has 0 aliphatic carbocycles. The third kappa shape index (κ3) is 3.00. The zero-order valence-corrected chi connectivity index (χ0v) is 9.48. The number of likely N-dealkylation sites (tertiary alicyclic amines) is 1. The molecule has 0 radical (unpaired) electrons. The second-order valence-electron chi connectivity index (χ2n) is 4.34. The standard InChI is InChI=1S/C10H19N5/c1-14-5-3-9(4-6-14)11-7-10-8-15(2)13-12-10/h8-9,11H,3-7H2,1-2H3. The Morgan fingerprint density at radius 1 is 1.40 bits per heavy atom. The number of hydrogen-bond donors (Lipinski definition) is 1. The van der Waals surface area contributed by atoms with Crippen molar-refractivity contribution in [3.05, 3.63) is 11.9 Å². The van der Waals surface area contributed by atoms with E-state index in [0.29, 0.717) is 6.04 Å². The van der Waals surface area contributed by atoms with Crippen molar-refractivity contribution in [3.63, 3.8) is 0 Å². The van der Waals surface area contributed by atoms with Gasteiger partial charge in [-0.25, -0.2) is 0 Å². The fourth-order valence-corrected chi connectivity index (χ4v) is 1.94. The zero-order chi connectivity index (χ0) is 10.7. The van der Waals surface area contributed by atoms with Gasteiger partial charge < -0.3 is 10.2 Å². The molecular formula is C10H19N5. The molecule has 0 amide bonds. The van der Waals surface area contributed by atoms with Gasteiger partial charge >= 0.3 is 0 Å². The molecule has 2 rings (SSSR count). The monoisotopic (exact) mass is 209 g/mol. The average molecular weight is 209 g/mol. The van der Waals surface area contributed by atoms with Crippen LogP contribution in [0.25, 0.3) is 0 Å². The first-order valence-electron chi connectivity index (χ1n) is 5.51. The molecule has 0 saturated carbocycles. The molecule has 1 saturated heterocycles. The van der Waals surface area contributed by atoms with Gasteiger partial charge in [0.05, 0.1) is 5.69 Å². The molecule has 84 valence electrons. The van der Waals surface area contributed by atoms with E-state index in [0.717, 1.165) is 12.2 Å². The lowest BCUT2D eigenvalue weighted by Crippen LogP contribution is -2.40.